The second-order valence-corrected chi connectivity index (χ2v) is 14.1. The molecule has 0 bridgehead atoms. The second kappa shape index (κ2) is 12.9. The first-order valence-corrected chi connectivity index (χ1v) is 17.3. The van der Waals surface area contributed by atoms with Gasteiger partial charge in [0.15, 0.2) is 0 Å². The van der Waals surface area contributed by atoms with Crippen LogP contribution >= 0.6 is 7.60 Å². The second-order valence-electron chi connectivity index (χ2n) is 12.5. The van der Waals surface area contributed by atoms with Crippen LogP contribution in [0.25, 0.3) is 10.9 Å². The van der Waals surface area contributed by atoms with Gasteiger partial charge in [-0.25, -0.2) is 0 Å². The van der Waals surface area contributed by atoms with Gasteiger partial charge in [-0.2, -0.15) is 8.78 Å². The zero-order valence-corrected chi connectivity index (χ0v) is 26.1. The topological polar surface area (TPSA) is 155 Å². The number of aromatic nitrogens is 1. The van der Waals surface area contributed by atoms with Gasteiger partial charge >= 0.3 is 13.3 Å². The molecule has 14 heteroatoms. The molecule has 3 aliphatic heterocycles. The maximum absolute atomic E-state index is 14.3. The van der Waals surface area contributed by atoms with E-state index in [-0.39, 0.29) is 28.8 Å². The molecular formula is C32H38F2N5O6P. The summed E-state index contributed by atoms with van der Waals surface area (Å²) in [6.07, 6.45) is 4.01. The zero-order chi connectivity index (χ0) is 32.6. The van der Waals surface area contributed by atoms with Crippen molar-refractivity contribution >= 4 is 36.2 Å². The molecule has 3 amide bonds. The summed E-state index contributed by atoms with van der Waals surface area (Å²) in [5.74, 6) is -0.863. The highest BCUT2D eigenvalue weighted by atomic mass is 31.2. The number of fused-ring (bicyclic) bond motifs is 2. The molecule has 4 heterocycles. The largest absolute Gasteiger partial charge is 0.399 e. The molecule has 2 aromatic carbocycles. The van der Waals surface area contributed by atoms with E-state index in [2.05, 4.69) is 21.7 Å². The first-order chi connectivity index (χ1) is 21.9. The molecule has 11 nitrogen and oxygen atoms in total. The third-order valence-electron chi connectivity index (χ3n) is 9.47. The lowest BCUT2D eigenvalue weighted by molar-refractivity contribution is -0.145. The Balaban J connectivity index is 1.21. The van der Waals surface area contributed by atoms with E-state index in [0.717, 1.165) is 50.0 Å². The number of hydrogen-bond donors (Lipinski definition) is 5. The van der Waals surface area contributed by atoms with Crippen LogP contribution in [0.2, 0.25) is 0 Å². The third-order valence-corrected chi connectivity index (χ3v) is 10.5. The quantitative estimate of drug-likeness (QED) is 0.233. The number of carbonyl (C=O) groups excluding carboxylic acids is 3. The Bertz CT molecular complexity index is 1690. The Morgan fingerprint density at radius 2 is 1.76 bits per heavy atom. The lowest BCUT2D eigenvalue weighted by atomic mass is 9.90. The van der Waals surface area contributed by atoms with Crippen molar-refractivity contribution in [1.82, 2.24) is 25.4 Å². The van der Waals surface area contributed by atoms with Gasteiger partial charge < -0.3 is 35.2 Å². The molecule has 0 radical (unpaired) electrons. The van der Waals surface area contributed by atoms with Crippen LogP contribution in [-0.2, 0) is 32.8 Å². The van der Waals surface area contributed by atoms with Crippen molar-refractivity contribution in [3.63, 3.8) is 0 Å². The van der Waals surface area contributed by atoms with Gasteiger partial charge in [0, 0.05) is 36.1 Å². The molecule has 0 saturated carbocycles. The summed E-state index contributed by atoms with van der Waals surface area (Å²) in [5, 5.41) is 6.32. The standard InChI is InChI=1S/C32H38F2N5O6P/c33-32(34,46(43,44)45)24-7-8-25-23(17-24)18-26(36-25)29(40)37-27(16-20-9-12-35-13-10-20)30(41)39-14-3-6-28(39)31(42)38-15-11-21-4-1-2-5-22(21)19-38/h1-2,4-5,7-8,17-18,20,27-28,35-36H,3,6,9-16,19H2,(H,37,40)(H2,43,44,45). The molecule has 3 aromatic rings. The molecule has 46 heavy (non-hydrogen) atoms. The van der Waals surface area contributed by atoms with Crippen LogP contribution in [0.5, 0.6) is 0 Å². The number of amides is 3. The van der Waals surface area contributed by atoms with Gasteiger partial charge in [-0.3, -0.25) is 18.9 Å². The molecule has 0 spiro atoms. The average molecular weight is 658 g/mol. The van der Waals surface area contributed by atoms with E-state index in [1.807, 2.05) is 23.1 Å². The minimum atomic E-state index is -5.77. The fourth-order valence-corrected chi connectivity index (χ4v) is 7.38. The number of nitrogens with zero attached hydrogens (tertiary/aromatic N) is 2. The van der Waals surface area contributed by atoms with E-state index in [4.69, 9.17) is 9.79 Å². The number of halogens is 2. The molecule has 246 valence electrons. The van der Waals surface area contributed by atoms with Crippen molar-refractivity contribution in [2.75, 3.05) is 26.2 Å². The van der Waals surface area contributed by atoms with E-state index in [1.54, 1.807) is 4.90 Å². The predicted molar refractivity (Wildman–Crippen MR) is 166 cm³/mol. The van der Waals surface area contributed by atoms with Crippen molar-refractivity contribution in [3.8, 4) is 0 Å². The number of H-pyrrole nitrogens is 1. The van der Waals surface area contributed by atoms with Gasteiger partial charge in [0.25, 0.3) is 5.91 Å². The van der Waals surface area contributed by atoms with Gasteiger partial charge in [-0.15, -0.1) is 0 Å². The van der Waals surface area contributed by atoms with Crippen molar-refractivity contribution in [3.05, 3.63) is 70.9 Å². The predicted octanol–water partition coefficient (Wildman–Crippen LogP) is 3.46. The third kappa shape index (κ3) is 6.46. The smallest absolute Gasteiger partial charge is 0.351 e. The molecule has 5 N–H and O–H groups in total. The van der Waals surface area contributed by atoms with Gasteiger partial charge in [-0.1, -0.05) is 30.3 Å². The molecule has 2 fully saturated rings. The van der Waals surface area contributed by atoms with Gasteiger partial charge in [0.1, 0.15) is 17.8 Å². The minimum Gasteiger partial charge on any atom is -0.351 e. The van der Waals surface area contributed by atoms with Crippen molar-refractivity contribution in [2.45, 2.75) is 62.8 Å². The van der Waals surface area contributed by atoms with Gasteiger partial charge in [0.05, 0.1) is 0 Å². The fourth-order valence-electron chi connectivity index (χ4n) is 6.90. The molecular weight excluding hydrogens is 619 g/mol. The molecule has 2 atom stereocenters. The number of rotatable bonds is 8. The van der Waals surface area contributed by atoms with Gasteiger partial charge in [-0.05, 0) is 86.9 Å². The molecule has 3 aliphatic rings. The van der Waals surface area contributed by atoms with Crippen LogP contribution in [0.1, 0.15) is 59.3 Å². The highest BCUT2D eigenvalue weighted by Gasteiger charge is 2.50. The summed E-state index contributed by atoms with van der Waals surface area (Å²) in [5.41, 5.74) is -2.63. The Kier molecular flexibility index (Phi) is 9.04. The molecule has 2 saturated heterocycles. The summed E-state index contributed by atoms with van der Waals surface area (Å²) >= 11 is 0. The van der Waals surface area contributed by atoms with Crippen LogP contribution in [0.15, 0.2) is 48.5 Å². The van der Waals surface area contributed by atoms with Crippen molar-refractivity contribution in [2.24, 2.45) is 5.92 Å². The summed E-state index contributed by atoms with van der Waals surface area (Å²) < 4.78 is 40.0. The van der Waals surface area contributed by atoms with Crippen LogP contribution in [0, 0.1) is 5.92 Å². The highest BCUT2D eigenvalue weighted by Crippen LogP contribution is 2.59. The summed E-state index contributed by atoms with van der Waals surface area (Å²) in [6, 6.07) is 10.9. The lowest BCUT2D eigenvalue weighted by Crippen LogP contribution is -2.55. The summed E-state index contributed by atoms with van der Waals surface area (Å²) in [6.45, 7) is 3.06. The Morgan fingerprint density at radius 1 is 1.02 bits per heavy atom. The molecule has 6 rings (SSSR count). The number of hydrogen-bond acceptors (Lipinski definition) is 5. The van der Waals surface area contributed by atoms with Gasteiger partial charge in [0.2, 0.25) is 11.8 Å². The fraction of sp³-hybridized carbons (Fsp3) is 0.469. The van der Waals surface area contributed by atoms with E-state index < -0.39 is 36.8 Å². The number of carbonyl (C=O) groups is 3. The van der Waals surface area contributed by atoms with E-state index >= 15 is 0 Å². The van der Waals surface area contributed by atoms with E-state index in [1.165, 1.54) is 17.7 Å². The number of alkyl halides is 2. The number of nitrogens with one attached hydrogen (secondary N) is 3. The zero-order valence-electron chi connectivity index (χ0n) is 25.3. The van der Waals surface area contributed by atoms with E-state index in [0.29, 0.717) is 44.4 Å². The summed E-state index contributed by atoms with van der Waals surface area (Å²) in [7, 11) is -5.77. The molecule has 1 aromatic heterocycles. The lowest BCUT2D eigenvalue weighted by Gasteiger charge is -2.35. The SMILES string of the molecule is O=C(NC(CC1CCNCC1)C(=O)N1CCCC1C(=O)N1CCc2ccccc2C1)c1cc2cc(C(F)(F)P(=O)(O)O)ccc2[nH]1. The maximum Gasteiger partial charge on any atom is 0.399 e. The maximum atomic E-state index is 14.3. The van der Waals surface area contributed by atoms with Crippen LogP contribution < -0.4 is 10.6 Å². The van der Waals surface area contributed by atoms with Crippen LogP contribution in [0.4, 0.5) is 8.78 Å². The normalized spacial score (nSPS) is 20.0. The number of likely N-dealkylation sites (tertiary alicyclic amines) is 1. The van der Waals surface area contributed by atoms with Crippen molar-refractivity contribution in [1.29, 1.82) is 0 Å². The first-order valence-electron chi connectivity index (χ1n) is 15.7. The summed E-state index contributed by atoms with van der Waals surface area (Å²) in [4.78, 5) is 66.0. The minimum absolute atomic E-state index is 0.00999. The number of piperidine rings is 1. The van der Waals surface area contributed by atoms with Crippen LogP contribution in [0.3, 0.4) is 0 Å². The molecule has 0 aliphatic carbocycles. The van der Waals surface area contributed by atoms with Crippen LogP contribution in [-0.4, -0.2) is 80.6 Å². The highest BCUT2D eigenvalue weighted by molar-refractivity contribution is 7.52. The Hall–Kier alpha value is -3.64. The first kappa shape index (κ1) is 32.3. The Labute approximate surface area is 264 Å². The van der Waals surface area contributed by atoms with Crippen molar-refractivity contribution < 1.29 is 37.5 Å². The monoisotopic (exact) mass is 657 g/mol. The number of aromatic amines is 1. The molecule has 2 unspecified atom stereocenters. The Morgan fingerprint density at radius 3 is 2.50 bits per heavy atom. The number of benzene rings is 2. The van der Waals surface area contributed by atoms with E-state index in [9.17, 15) is 27.7 Å². The average Bonchev–Trinajstić information content (AvgIpc) is 3.71.